The van der Waals surface area contributed by atoms with Crippen LogP contribution in [0.3, 0.4) is 0 Å². The molecule has 0 N–H and O–H groups in total. The van der Waals surface area contributed by atoms with E-state index in [4.69, 9.17) is 0 Å². The molecule has 40 heavy (non-hydrogen) atoms. The van der Waals surface area contributed by atoms with Crippen molar-refractivity contribution in [1.82, 2.24) is 9.78 Å². The fourth-order valence-corrected chi connectivity index (χ4v) is 4.16. The van der Waals surface area contributed by atoms with Crippen molar-refractivity contribution in [2.45, 2.75) is 100 Å². The highest BCUT2D eigenvalue weighted by Crippen LogP contribution is 2.26. The molecular weight excluding hydrogens is 484 g/mol. The molecule has 2 heteroatoms. The number of benzene rings is 3. The summed E-state index contributed by atoms with van der Waals surface area (Å²) in [5.41, 5.74) is 10.5. The Morgan fingerprint density at radius 1 is 0.750 bits per heavy atom. The maximum absolute atomic E-state index is 4.23. The van der Waals surface area contributed by atoms with Crippen molar-refractivity contribution in [3.05, 3.63) is 120 Å². The minimum Gasteiger partial charge on any atom is -0.241 e. The summed E-state index contributed by atoms with van der Waals surface area (Å²) >= 11 is 0. The lowest BCUT2D eigenvalue weighted by Gasteiger charge is -2.09. The number of nitrogens with zero attached hydrogens (tertiary/aromatic N) is 2. The Kier molecular flexibility index (Phi) is 17.8. The van der Waals surface area contributed by atoms with Crippen molar-refractivity contribution >= 4 is 0 Å². The zero-order chi connectivity index (χ0) is 29.8. The molecule has 0 saturated heterocycles. The van der Waals surface area contributed by atoms with E-state index in [9.17, 15) is 0 Å². The monoisotopic (exact) mass is 538 g/mol. The van der Waals surface area contributed by atoms with Crippen molar-refractivity contribution in [2.75, 3.05) is 0 Å². The fourth-order valence-electron chi connectivity index (χ4n) is 4.16. The van der Waals surface area contributed by atoms with Gasteiger partial charge in [-0.1, -0.05) is 119 Å². The van der Waals surface area contributed by atoms with Gasteiger partial charge in [0.15, 0.2) is 0 Å². The predicted molar refractivity (Wildman–Crippen MR) is 179 cm³/mol. The fraction of sp³-hybridized carbons (Fsp3) is 0.395. The van der Waals surface area contributed by atoms with Crippen LogP contribution in [-0.4, -0.2) is 9.78 Å². The van der Waals surface area contributed by atoms with Gasteiger partial charge in [0.1, 0.15) is 0 Å². The van der Waals surface area contributed by atoms with Crippen LogP contribution in [0.4, 0.5) is 0 Å². The van der Waals surface area contributed by atoms with Gasteiger partial charge in [-0.15, -0.1) is 6.58 Å². The molecule has 0 fully saturated rings. The van der Waals surface area contributed by atoms with Gasteiger partial charge in [0.05, 0.1) is 5.69 Å². The number of hydrogen-bond acceptors (Lipinski definition) is 1. The van der Waals surface area contributed by atoms with E-state index < -0.39 is 0 Å². The zero-order valence-electron chi connectivity index (χ0n) is 26.6. The van der Waals surface area contributed by atoms with Crippen LogP contribution in [0.2, 0.25) is 0 Å². The maximum atomic E-state index is 4.23. The molecule has 1 heterocycles. The van der Waals surface area contributed by atoms with Crippen molar-refractivity contribution in [1.29, 1.82) is 0 Å². The Morgan fingerprint density at radius 3 is 1.93 bits per heavy atom. The average molecular weight is 539 g/mol. The average Bonchev–Trinajstić information content (AvgIpc) is 3.51. The Labute approximate surface area is 246 Å². The van der Waals surface area contributed by atoms with Crippen LogP contribution in [-0.2, 0) is 6.42 Å². The zero-order valence-corrected chi connectivity index (χ0v) is 26.6. The summed E-state index contributed by atoms with van der Waals surface area (Å²) in [5.74, 6) is 0. The first kappa shape index (κ1) is 34.6. The molecule has 0 aliphatic carbocycles. The second-order valence-electron chi connectivity index (χ2n) is 10.2. The molecule has 0 atom stereocenters. The first-order chi connectivity index (χ1) is 19.3. The van der Waals surface area contributed by atoms with E-state index in [0.29, 0.717) is 0 Å². The van der Waals surface area contributed by atoms with E-state index in [1.54, 1.807) is 0 Å². The number of unbranched alkanes of at least 4 members (excludes halogenated alkanes) is 4. The molecule has 0 aliphatic heterocycles. The van der Waals surface area contributed by atoms with E-state index >= 15 is 0 Å². The highest BCUT2D eigenvalue weighted by Gasteiger charge is 2.03. The minimum absolute atomic E-state index is 1.11. The summed E-state index contributed by atoms with van der Waals surface area (Å²) in [6, 6.07) is 25.8. The molecule has 4 aromatic rings. The molecule has 0 aliphatic rings. The Balaban J connectivity index is 0.000000329. The first-order valence-electron chi connectivity index (χ1n) is 15.2. The third kappa shape index (κ3) is 13.1. The van der Waals surface area contributed by atoms with E-state index in [1.165, 1.54) is 77.5 Å². The summed E-state index contributed by atoms with van der Waals surface area (Å²) in [4.78, 5) is 0. The Bertz CT molecular complexity index is 1200. The van der Waals surface area contributed by atoms with Crippen molar-refractivity contribution in [3.63, 3.8) is 0 Å². The van der Waals surface area contributed by atoms with Crippen LogP contribution >= 0.6 is 0 Å². The van der Waals surface area contributed by atoms with Gasteiger partial charge in [-0.2, -0.15) is 5.10 Å². The molecule has 1 aromatic heterocycles. The Hall–Kier alpha value is -3.39. The standard InChI is InChI=1S/C16H22N2.C15H16.C5H10.C2H6/c1-2-3-4-5-6-8-15-9-11-16(12-10-15)18-14-7-13-17-18;1-11-8-9-15(13(3)10-11)14-7-5-4-6-12(14)2;1-4-5(2)3;1-2/h7,9-14H,2-6,8H2,1H3;4-10H,1-3H3;2,4H2,1,3H3;1-2H3. The molecule has 0 bridgehead atoms. The molecule has 0 amide bonds. The van der Waals surface area contributed by atoms with Gasteiger partial charge in [-0.05, 0) is 93.0 Å². The quantitative estimate of drug-likeness (QED) is 0.153. The SMILES string of the molecule is C=C(C)CC.CC.CCCCCCCc1ccc(-n2cccn2)cc1.Cc1ccc(-c2ccccc2C)c(C)c1. The lowest BCUT2D eigenvalue weighted by molar-refractivity contribution is 0.632. The third-order valence-corrected chi connectivity index (χ3v) is 6.69. The largest absolute Gasteiger partial charge is 0.241 e. The van der Waals surface area contributed by atoms with Crippen molar-refractivity contribution in [2.24, 2.45) is 0 Å². The summed E-state index contributed by atoms with van der Waals surface area (Å²) in [6.07, 6.45) is 12.8. The van der Waals surface area contributed by atoms with Gasteiger partial charge in [0.25, 0.3) is 0 Å². The normalized spacial score (nSPS) is 9.80. The lowest BCUT2D eigenvalue weighted by Crippen LogP contribution is -1.94. The third-order valence-electron chi connectivity index (χ3n) is 6.69. The minimum atomic E-state index is 1.11. The maximum Gasteiger partial charge on any atom is 0.0645 e. The topological polar surface area (TPSA) is 17.8 Å². The van der Waals surface area contributed by atoms with E-state index in [-0.39, 0.29) is 0 Å². The van der Waals surface area contributed by atoms with Gasteiger partial charge in [-0.25, -0.2) is 4.68 Å². The van der Waals surface area contributed by atoms with Crippen molar-refractivity contribution < 1.29 is 0 Å². The summed E-state index contributed by atoms with van der Waals surface area (Å²) in [5, 5.41) is 4.23. The number of aryl methyl sites for hydroxylation is 4. The van der Waals surface area contributed by atoms with Crippen LogP contribution < -0.4 is 0 Å². The molecule has 0 saturated carbocycles. The highest BCUT2D eigenvalue weighted by atomic mass is 15.3. The highest BCUT2D eigenvalue weighted by molar-refractivity contribution is 5.70. The number of allylic oxidation sites excluding steroid dienone is 1. The lowest BCUT2D eigenvalue weighted by atomic mass is 9.95. The van der Waals surface area contributed by atoms with Gasteiger partial charge in [0, 0.05) is 12.4 Å². The second kappa shape index (κ2) is 20.5. The molecule has 3 aromatic carbocycles. The predicted octanol–water partition coefficient (Wildman–Crippen LogP) is 11.7. The molecule has 0 spiro atoms. The van der Waals surface area contributed by atoms with E-state index in [2.05, 4.69) is 113 Å². The van der Waals surface area contributed by atoms with Crippen molar-refractivity contribution in [3.8, 4) is 16.8 Å². The van der Waals surface area contributed by atoms with Crippen LogP contribution in [0.5, 0.6) is 0 Å². The number of aromatic nitrogens is 2. The molecule has 0 radical (unpaired) electrons. The van der Waals surface area contributed by atoms with Gasteiger partial charge >= 0.3 is 0 Å². The summed E-state index contributed by atoms with van der Waals surface area (Å²) in [7, 11) is 0. The van der Waals surface area contributed by atoms with Crippen LogP contribution in [0, 0.1) is 20.8 Å². The molecule has 2 nitrogen and oxygen atoms in total. The number of hydrogen-bond donors (Lipinski definition) is 0. The second-order valence-corrected chi connectivity index (χ2v) is 10.2. The molecular formula is C38H54N2. The summed E-state index contributed by atoms with van der Waals surface area (Å²) in [6.45, 7) is 20.5. The van der Waals surface area contributed by atoms with Crippen LogP contribution in [0.25, 0.3) is 16.8 Å². The van der Waals surface area contributed by atoms with Gasteiger partial charge in [0.2, 0.25) is 0 Å². The smallest absolute Gasteiger partial charge is 0.0645 e. The van der Waals surface area contributed by atoms with Gasteiger partial charge in [-0.3, -0.25) is 0 Å². The van der Waals surface area contributed by atoms with E-state index in [0.717, 1.165) is 12.1 Å². The van der Waals surface area contributed by atoms with E-state index in [1.807, 2.05) is 43.9 Å². The number of rotatable bonds is 9. The van der Waals surface area contributed by atoms with Crippen LogP contribution in [0.1, 0.15) is 95.4 Å². The van der Waals surface area contributed by atoms with Gasteiger partial charge < -0.3 is 0 Å². The molecule has 4 rings (SSSR count). The van der Waals surface area contributed by atoms with Crippen LogP contribution in [0.15, 0.2) is 97.3 Å². The Morgan fingerprint density at radius 2 is 1.38 bits per heavy atom. The molecule has 0 unspecified atom stereocenters. The molecule has 216 valence electrons. The summed E-state index contributed by atoms with van der Waals surface area (Å²) < 4.78 is 1.89. The first-order valence-corrected chi connectivity index (χ1v) is 15.2.